The lowest BCUT2D eigenvalue weighted by Crippen LogP contribution is -2.25. The Kier molecular flexibility index (Phi) is 5.47. The zero-order chi connectivity index (χ0) is 17.0. The quantitative estimate of drug-likeness (QED) is 0.411. The summed E-state index contributed by atoms with van der Waals surface area (Å²) in [5.41, 5.74) is -1.36. The minimum absolute atomic E-state index is 0.0895. The van der Waals surface area contributed by atoms with Crippen molar-refractivity contribution in [1.29, 1.82) is 5.41 Å². The molecule has 0 bridgehead atoms. The van der Waals surface area contributed by atoms with Gasteiger partial charge in [-0.25, -0.2) is 4.39 Å². The Morgan fingerprint density at radius 3 is 2.23 bits per heavy atom. The lowest BCUT2D eigenvalue weighted by atomic mass is 9.77. The third-order valence-corrected chi connectivity index (χ3v) is 3.37. The summed E-state index contributed by atoms with van der Waals surface area (Å²) in [7, 11) is 0. The topological polar surface area (TPSA) is 23.9 Å². The number of hydrogen-bond donors (Lipinski definition) is 1. The molecule has 0 aliphatic heterocycles. The molecular formula is C17H17F4N. The summed E-state index contributed by atoms with van der Waals surface area (Å²) in [6.45, 7) is 8.75. The highest BCUT2D eigenvalue weighted by Crippen LogP contribution is 2.35. The van der Waals surface area contributed by atoms with Crippen LogP contribution >= 0.6 is 0 Å². The first kappa shape index (κ1) is 17.9. The maximum atomic E-state index is 13.6. The van der Waals surface area contributed by atoms with Gasteiger partial charge in [0.15, 0.2) is 0 Å². The second-order valence-corrected chi connectivity index (χ2v) is 5.15. The van der Waals surface area contributed by atoms with Gasteiger partial charge in [-0.2, -0.15) is 13.2 Å². The summed E-state index contributed by atoms with van der Waals surface area (Å²) >= 11 is 0. The number of hydrogen-bond acceptors (Lipinski definition) is 1. The summed E-state index contributed by atoms with van der Waals surface area (Å²) in [4.78, 5) is 0. The van der Waals surface area contributed by atoms with Crippen LogP contribution in [0.25, 0.3) is 0 Å². The highest BCUT2D eigenvalue weighted by Gasteiger charge is 2.34. The third-order valence-electron chi connectivity index (χ3n) is 3.37. The van der Waals surface area contributed by atoms with E-state index in [1.54, 1.807) is 13.0 Å². The first-order valence-electron chi connectivity index (χ1n) is 6.50. The van der Waals surface area contributed by atoms with Crippen molar-refractivity contribution in [3.05, 3.63) is 72.1 Å². The van der Waals surface area contributed by atoms with E-state index in [0.717, 1.165) is 18.3 Å². The van der Waals surface area contributed by atoms with E-state index in [-0.39, 0.29) is 12.0 Å². The molecule has 0 aromatic heterocycles. The van der Waals surface area contributed by atoms with E-state index in [1.165, 1.54) is 12.2 Å². The molecule has 0 heterocycles. The van der Waals surface area contributed by atoms with Crippen molar-refractivity contribution < 1.29 is 17.6 Å². The molecule has 1 nitrogen and oxygen atoms in total. The molecule has 118 valence electrons. The van der Waals surface area contributed by atoms with E-state index in [1.807, 2.05) is 0 Å². The summed E-state index contributed by atoms with van der Waals surface area (Å²) < 4.78 is 52.0. The average molecular weight is 311 g/mol. The van der Waals surface area contributed by atoms with Crippen molar-refractivity contribution in [3.8, 4) is 0 Å². The van der Waals surface area contributed by atoms with Gasteiger partial charge in [0, 0.05) is 11.6 Å². The molecule has 0 fully saturated rings. The molecule has 0 radical (unpaired) electrons. The molecule has 0 amide bonds. The fourth-order valence-corrected chi connectivity index (χ4v) is 2.09. The van der Waals surface area contributed by atoms with Crippen molar-refractivity contribution >= 4 is 6.21 Å². The maximum Gasteiger partial charge on any atom is 0.416 e. The van der Waals surface area contributed by atoms with E-state index < -0.39 is 23.0 Å². The van der Waals surface area contributed by atoms with Gasteiger partial charge in [0.2, 0.25) is 0 Å². The summed E-state index contributed by atoms with van der Waals surface area (Å²) in [5, 5.41) is 7.58. The molecule has 1 aromatic rings. The fourth-order valence-electron chi connectivity index (χ4n) is 2.09. The third kappa shape index (κ3) is 4.16. The van der Waals surface area contributed by atoms with Crippen molar-refractivity contribution in [3.63, 3.8) is 0 Å². The van der Waals surface area contributed by atoms with Crippen LogP contribution in [-0.2, 0) is 11.6 Å². The maximum absolute atomic E-state index is 13.6. The van der Waals surface area contributed by atoms with E-state index in [9.17, 15) is 17.6 Å². The van der Waals surface area contributed by atoms with E-state index in [4.69, 9.17) is 5.41 Å². The first-order chi connectivity index (χ1) is 10.2. The van der Waals surface area contributed by atoms with Crippen molar-refractivity contribution in [2.45, 2.75) is 24.9 Å². The second-order valence-electron chi connectivity index (χ2n) is 5.15. The Morgan fingerprint density at radius 1 is 1.18 bits per heavy atom. The van der Waals surface area contributed by atoms with Gasteiger partial charge in [-0.3, -0.25) is 0 Å². The van der Waals surface area contributed by atoms with Crippen LogP contribution in [0.15, 0.2) is 55.2 Å². The molecule has 1 N–H and O–H groups in total. The van der Waals surface area contributed by atoms with Crippen LogP contribution in [-0.4, -0.2) is 6.21 Å². The van der Waals surface area contributed by atoms with Crippen LogP contribution in [0.4, 0.5) is 17.6 Å². The van der Waals surface area contributed by atoms with E-state index >= 15 is 0 Å². The number of allylic oxidation sites excluding steroid dienone is 4. The molecule has 1 unspecified atom stereocenters. The molecule has 0 saturated heterocycles. The summed E-state index contributed by atoms with van der Waals surface area (Å²) in [6.07, 6.45) is 1.30. The summed E-state index contributed by atoms with van der Waals surface area (Å²) in [6, 6.07) is 2.35. The highest BCUT2D eigenvalue weighted by molar-refractivity contribution is 5.71. The van der Waals surface area contributed by atoms with Crippen LogP contribution in [0.3, 0.4) is 0 Å². The Balaban J connectivity index is 3.38. The Morgan fingerprint density at radius 2 is 1.77 bits per heavy atom. The van der Waals surface area contributed by atoms with E-state index in [2.05, 4.69) is 13.2 Å². The standard InChI is InChI=1S/C17H17F4N/c1-4-6-12(5-2)10-16(3,11-22)13-7-14(17(19,20)21)9-15(18)8-13/h4-9,11,22H,1-2,10H2,3H3/b12-6+,22-11?. The molecule has 0 aliphatic carbocycles. The Bertz CT molecular complexity index is 614. The van der Waals surface area contributed by atoms with Crippen LogP contribution in [0.1, 0.15) is 24.5 Å². The van der Waals surface area contributed by atoms with Gasteiger partial charge in [0.05, 0.1) is 5.56 Å². The van der Waals surface area contributed by atoms with Crippen LogP contribution in [0.2, 0.25) is 0 Å². The lowest BCUT2D eigenvalue weighted by Gasteiger charge is -2.27. The minimum atomic E-state index is -4.64. The predicted octanol–water partition coefficient (Wildman–Crippen LogP) is 5.44. The van der Waals surface area contributed by atoms with Crippen molar-refractivity contribution in [1.82, 2.24) is 0 Å². The Hall–Kier alpha value is -2.17. The molecule has 0 aliphatic rings. The molecular weight excluding hydrogens is 294 g/mol. The predicted molar refractivity (Wildman–Crippen MR) is 80.6 cm³/mol. The zero-order valence-corrected chi connectivity index (χ0v) is 12.2. The summed E-state index contributed by atoms with van der Waals surface area (Å²) in [5.74, 6) is -0.981. The Labute approximate surface area is 127 Å². The van der Waals surface area contributed by atoms with Crippen LogP contribution in [0.5, 0.6) is 0 Å². The van der Waals surface area contributed by atoms with Crippen molar-refractivity contribution in [2.24, 2.45) is 0 Å². The number of halogens is 4. The van der Waals surface area contributed by atoms with Gasteiger partial charge < -0.3 is 5.41 Å². The van der Waals surface area contributed by atoms with Gasteiger partial charge in [-0.05, 0) is 35.8 Å². The van der Waals surface area contributed by atoms with Crippen LogP contribution in [0, 0.1) is 11.2 Å². The number of alkyl halides is 3. The number of nitrogens with one attached hydrogen (secondary N) is 1. The first-order valence-corrected chi connectivity index (χ1v) is 6.50. The SMILES string of the molecule is C=C/C=C(\C=C)CC(C)(C=N)c1cc(F)cc(C(F)(F)F)c1. The highest BCUT2D eigenvalue weighted by atomic mass is 19.4. The molecule has 5 heteroatoms. The number of rotatable bonds is 6. The lowest BCUT2D eigenvalue weighted by molar-refractivity contribution is -0.137. The normalized spacial score (nSPS) is 15.0. The average Bonchev–Trinajstić information content (AvgIpc) is 2.45. The molecule has 1 rings (SSSR count). The molecule has 1 atom stereocenters. The van der Waals surface area contributed by atoms with Gasteiger partial charge in [-0.1, -0.05) is 38.3 Å². The zero-order valence-electron chi connectivity index (χ0n) is 12.2. The van der Waals surface area contributed by atoms with Gasteiger partial charge in [0.25, 0.3) is 0 Å². The molecule has 0 spiro atoms. The van der Waals surface area contributed by atoms with Gasteiger partial charge in [-0.15, -0.1) is 0 Å². The second kappa shape index (κ2) is 6.73. The molecule has 0 saturated carbocycles. The minimum Gasteiger partial charge on any atom is -0.312 e. The molecule has 22 heavy (non-hydrogen) atoms. The van der Waals surface area contributed by atoms with Crippen molar-refractivity contribution in [2.75, 3.05) is 0 Å². The number of benzene rings is 1. The largest absolute Gasteiger partial charge is 0.416 e. The molecule has 1 aromatic carbocycles. The van der Waals surface area contributed by atoms with Gasteiger partial charge in [0.1, 0.15) is 5.82 Å². The fraction of sp³-hybridized carbons (Fsp3) is 0.235. The smallest absolute Gasteiger partial charge is 0.312 e. The van der Waals surface area contributed by atoms with Crippen LogP contribution < -0.4 is 0 Å². The van der Waals surface area contributed by atoms with Gasteiger partial charge >= 0.3 is 6.18 Å². The van der Waals surface area contributed by atoms with E-state index in [0.29, 0.717) is 11.6 Å². The monoisotopic (exact) mass is 311 g/mol.